The van der Waals surface area contributed by atoms with Gasteiger partial charge < -0.3 is 18.2 Å². The predicted molar refractivity (Wildman–Crippen MR) is 187 cm³/mol. The van der Waals surface area contributed by atoms with E-state index in [0.29, 0.717) is 0 Å². The van der Waals surface area contributed by atoms with E-state index in [-0.39, 0.29) is 0 Å². The van der Waals surface area contributed by atoms with Gasteiger partial charge in [-0.05, 0) is 54.6 Å². The number of hydrogen-bond acceptors (Lipinski definition) is 4. The van der Waals surface area contributed by atoms with E-state index in [0.717, 1.165) is 83.9 Å². The van der Waals surface area contributed by atoms with Gasteiger partial charge in [0.1, 0.15) is 34.0 Å². The number of hydrogen-bond donors (Lipinski definition) is 0. The van der Waals surface area contributed by atoms with Gasteiger partial charge in [0, 0.05) is 68.1 Å². The van der Waals surface area contributed by atoms with Gasteiger partial charge in [0.15, 0.2) is 0 Å². The molecule has 0 bridgehead atoms. The SMILES string of the molecule is c1ccc(-c2cc3ccc(N(c4ccc5cc(-c6ccccc6)oc5c4)c4ccc5cc(-c6ccccc6)oc5c4)cc3o2)cc1. The molecule has 3 heterocycles. The summed E-state index contributed by atoms with van der Waals surface area (Å²) < 4.78 is 19.2. The van der Waals surface area contributed by atoms with E-state index < -0.39 is 0 Å². The lowest BCUT2D eigenvalue weighted by atomic mass is 10.1. The molecule has 0 unspecified atom stereocenters. The normalized spacial score (nSPS) is 11.5. The van der Waals surface area contributed by atoms with E-state index in [1.165, 1.54) is 0 Å². The first-order chi connectivity index (χ1) is 22.7. The van der Waals surface area contributed by atoms with Gasteiger partial charge in [0.2, 0.25) is 0 Å². The van der Waals surface area contributed by atoms with Gasteiger partial charge in [-0.3, -0.25) is 0 Å². The Hall–Kier alpha value is -6.26. The standard InChI is InChI=1S/C42H27NO3/c1-4-10-28(11-5-1)37-22-31-16-19-34(25-40(31)44-37)43(35-20-17-32-23-38(45-41(32)26-35)29-12-6-2-7-13-29)36-21-18-33-24-39(46-42(33)27-36)30-14-8-3-9-15-30/h1-27H. The lowest BCUT2D eigenvalue weighted by Crippen LogP contribution is -2.09. The van der Waals surface area contributed by atoms with Crippen molar-refractivity contribution in [2.45, 2.75) is 0 Å². The fourth-order valence-electron chi connectivity index (χ4n) is 6.16. The minimum atomic E-state index is 0.817. The summed E-state index contributed by atoms with van der Waals surface area (Å²) in [4.78, 5) is 2.22. The van der Waals surface area contributed by atoms with Crippen LogP contribution in [-0.2, 0) is 0 Å². The van der Waals surface area contributed by atoms with E-state index in [2.05, 4.69) is 114 Å². The molecule has 0 atom stereocenters. The van der Waals surface area contributed by atoms with Crippen molar-refractivity contribution < 1.29 is 13.3 Å². The molecule has 4 nitrogen and oxygen atoms in total. The molecule has 0 aliphatic carbocycles. The molecule has 0 saturated heterocycles. The van der Waals surface area contributed by atoms with Crippen molar-refractivity contribution in [2.75, 3.05) is 4.90 Å². The monoisotopic (exact) mass is 593 g/mol. The van der Waals surface area contributed by atoms with Crippen molar-refractivity contribution in [1.82, 2.24) is 0 Å². The number of furan rings is 3. The Morgan fingerprint density at radius 2 is 0.609 bits per heavy atom. The van der Waals surface area contributed by atoms with Gasteiger partial charge in [0.05, 0.1) is 0 Å². The van der Waals surface area contributed by atoms with Crippen molar-refractivity contribution in [3.8, 4) is 34.0 Å². The topological polar surface area (TPSA) is 42.7 Å². The summed E-state index contributed by atoms with van der Waals surface area (Å²) >= 11 is 0. The summed E-state index contributed by atoms with van der Waals surface area (Å²) in [5.41, 5.74) is 8.48. The zero-order valence-corrected chi connectivity index (χ0v) is 24.8. The van der Waals surface area contributed by atoms with Crippen LogP contribution >= 0.6 is 0 Å². The second-order valence-corrected chi connectivity index (χ2v) is 11.4. The molecule has 3 aromatic heterocycles. The molecule has 218 valence electrons. The lowest BCUT2D eigenvalue weighted by molar-refractivity contribution is 0.631. The molecule has 0 fully saturated rings. The summed E-state index contributed by atoms with van der Waals surface area (Å²) in [6, 6.07) is 55.9. The molecule has 9 aromatic rings. The summed E-state index contributed by atoms with van der Waals surface area (Å²) in [6.07, 6.45) is 0. The summed E-state index contributed by atoms with van der Waals surface area (Å²) in [5.74, 6) is 2.53. The third kappa shape index (κ3) is 4.64. The Balaban J connectivity index is 1.19. The number of nitrogens with zero attached hydrogens (tertiary/aromatic N) is 1. The van der Waals surface area contributed by atoms with Crippen LogP contribution in [0.2, 0.25) is 0 Å². The fraction of sp³-hybridized carbons (Fsp3) is 0. The van der Waals surface area contributed by atoms with Crippen LogP contribution in [0, 0.1) is 0 Å². The van der Waals surface area contributed by atoms with Gasteiger partial charge in [-0.1, -0.05) is 91.0 Å². The van der Waals surface area contributed by atoms with E-state index >= 15 is 0 Å². The molecule has 0 aliphatic heterocycles. The van der Waals surface area contributed by atoms with Crippen LogP contribution in [0.15, 0.2) is 177 Å². The molecule has 9 rings (SSSR count). The molecule has 46 heavy (non-hydrogen) atoms. The quantitative estimate of drug-likeness (QED) is 0.192. The summed E-state index contributed by atoms with van der Waals surface area (Å²) in [6.45, 7) is 0. The Kier molecular flexibility index (Phi) is 6.10. The number of anilines is 3. The van der Waals surface area contributed by atoms with Crippen LogP contribution < -0.4 is 4.90 Å². The molecule has 0 N–H and O–H groups in total. The van der Waals surface area contributed by atoms with Crippen molar-refractivity contribution in [3.05, 3.63) is 164 Å². The van der Waals surface area contributed by atoms with Crippen molar-refractivity contribution in [1.29, 1.82) is 0 Å². The maximum atomic E-state index is 6.40. The number of fused-ring (bicyclic) bond motifs is 3. The average molecular weight is 594 g/mol. The van der Waals surface area contributed by atoms with Crippen molar-refractivity contribution >= 4 is 50.0 Å². The molecule has 0 spiro atoms. The maximum absolute atomic E-state index is 6.40. The first kappa shape index (κ1) is 26.2. The van der Waals surface area contributed by atoms with E-state index in [1.54, 1.807) is 0 Å². The molecular weight excluding hydrogens is 566 g/mol. The number of benzene rings is 6. The van der Waals surface area contributed by atoms with Gasteiger partial charge in [0.25, 0.3) is 0 Å². The highest BCUT2D eigenvalue weighted by Crippen LogP contribution is 2.41. The Morgan fingerprint density at radius 1 is 0.304 bits per heavy atom. The van der Waals surface area contributed by atoms with Crippen LogP contribution in [0.1, 0.15) is 0 Å². The minimum absolute atomic E-state index is 0.817. The maximum Gasteiger partial charge on any atom is 0.136 e. The van der Waals surface area contributed by atoms with Crippen LogP contribution in [-0.4, -0.2) is 0 Å². The second kappa shape index (κ2) is 10.7. The van der Waals surface area contributed by atoms with Crippen LogP contribution in [0.5, 0.6) is 0 Å². The van der Waals surface area contributed by atoms with Crippen LogP contribution in [0.4, 0.5) is 17.1 Å². The van der Waals surface area contributed by atoms with Crippen LogP contribution in [0.3, 0.4) is 0 Å². The second-order valence-electron chi connectivity index (χ2n) is 11.4. The molecular formula is C42H27NO3. The lowest BCUT2D eigenvalue weighted by Gasteiger charge is -2.25. The van der Waals surface area contributed by atoms with E-state index in [1.807, 2.05) is 54.6 Å². The van der Waals surface area contributed by atoms with Gasteiger partial charge >= 0.3 is 0 Å². The van der Waals surface area contributed by atoms with Crippen LogP contribution in [0.25, 0.3) is 66.9 Å². The van der Waals surface area contributed by atoms with Gasteiger partial charge in [-0.25, -0.2) is 0 Å². The minimum Gasteiger partial charge on any atom is -0.456 e. The Morgan fingerprint density at radius 3 is 0.913 bits per heavy atom. The molecule has 0 saturated carbocycles. The van der Waals surface area contributed by atoms with Gasteiger partial charge in [-0.15, -0.1) is 0 Å². The molecule has 0 radical (unpaired) electrons. The molecule has 4 heteroatoms. The zero-order chi connectivity index (χ0) is 30.5. The highest BCUT2D eigenvalue weighted by molar-refractivity contribution is 5.94. The fourth-order valence-corrected chi connectivity index (χ4v) is 6.16. The largest absolute Gasteiger partial charge is 0.456 e. The molecule has 0 aliphatic rings. The van der Waals surface area contributed by atoms with Gasteiger partial charge in [-0.2, -0.15) is 0 Å². The third-order valence-electron chi connectivity index (χ3n) is 8.46. The molecule has 0 amide bonds. The number of rotatable bonds is 6. The van der Waals surface area contributed by atoms with Crippen molar-refractivity contribution in [2.24, 2.45) is 0 Å². The average Bonchev–Trinajstić information content (AvgIpc) is 3.86. The zero-order valence-electron chi connectivity index (χ0n) is 24.8. The first-order valence-corrected chi connectivity index (χ1v) is 15.3. The summed E-state index contributed by atoms with van der Waals surface area (Å²) in [5, 5.41) is 3.14. The van der Waals surface area contributed by atoms with E-state index in [9.17, 15) is 0 Å². The molecule has 6 aromatic carbocycles. The van der Waals surface area contributed by atoms with E-state index in [4.69, 9.17) is 13.3 Å². The summed E-state index contributed by atoms with van der Waals surface area (Å²) in [7, 11) is 0. The Labute approximate surface area is 265 Å². The third-order valence-corrected chi connectivity index (χ3v) is 8.46. The first-order valence-electron chi connectivity index (χ1n) is 15.3. The highest BCUT2D eigenvalue weighted by Gasteiger charge is 2.18. The predicted octanol–water partition coefficient (Wildman–Crippen LogP) is 12.4. The highest BCUT2D eigenvalue weighted by atomic mass is 16.3. The Bertz CT molecular complexity index is 2190. The van der Waals surface area contributed by atoms with Crippen molar-refractivity contribution in [3.63, 3.8) is 0 Å². The smallest absolute Gasteiger partial charge is 0.136 e.